The first kappa shape index (κ1) is 22.9. The molecule has 2 N–H and O–H groups in total. The Bertz CT molecular complexity index is 1430. The Hall–Kier alpha value is -4.26. The van der Waals surface area contributed by atoms with Gasteiger partial charge in [-0.3, -0.25) is 19.0 Å². The Kier molecular flexibility index (Phi) is 6.03. The zero-order valence-corrected chi connectivity index (χ0v) is 19.5. The molecule has 0 unspecified atom stereocenters. The van der Waals surface area contributed by atoms with Crippen LogP contribution < -0.4 is 16.2 Å². The van der Waals surface area contributed by atoms with Crippen LogP contribution in [0.2, 0.25) is 0 Å². The molecule has 7 heteroatoms. The molecule has 7 nitrogen and oxygen atoms in total. The van der Waals surface area contributed by atoms with Gasteiger partial charge in [-0.2, -0.15) is 0 Å². The molecule has 0 radical (unpaired) electrons. The van der Waals surface area contributed by atoms with E-state index in [1.54, 1.807) is 61.5 Å². The number of amides is 2. The number of aromatic nitrogens is 2. The summed E-state index contributed by atoms with van der Waals surface area (Å²) in [5.41, 5.74) is 2.33. The van der Waals surface area contributed by atoms with E-state index in [2.05, 4.69) is 15.6 Å². The highest BCUT2D eigenvalue weighted by Crippen LogP contribution is 2.16. The van der Waals surface area contributed by atoms with Crippen molar-refractivity contribution in [1.29, 1.82) is 0 Å². The van der Waals surface area contributed by atoms with E-state index in [9.17, 15) is 14.4 Å². The molecule has 2 amide bonds. The van der Waals surface area contributed by atoms with Crippen LogP contribution in [0, 0.1) is 6.92 Å². The number of nitrogens with one attached hydrogen (secondary N) is 2. The molecule has 1 aromatic heterocycles. The molecule has 0 saturated heterocycles. The minimum absolute atomic E-state index is 0.157. The Balaban J connectivity index is 1.51. The van der Waals surface area contributed by atoms with Gasteiger partial charge in [0.25, 0.3) is 17.4 Å². The maximum atomic E-state index is 13.0. The lowest BCUT2D eigenvalue weighted by Gasteiger charge is -2.20. The van der Waals surface area contributed by atoms with E-state index in [0.717, 1.165) is 0 Å². The van der Waals surface area contributed by atoms with Gasteiger partial charge in [0.1, 0.15) is 5.82 Å². The topological polar surface area (TPSA) is 93.1 Å². The molecule has 0 bridgehead atoms. The monoisotopic (exact) mass is 454 g/mol. The number of fused-ring (bicyclic) bond motifs is 1. The predicted octanol–water partition coefficient (Wildman–Crippen LogP) is 4.47. The maximum Gasteiger partial charge on any atom is 0.265 e. The summed E-state index contributed by atoms with van der Waals surface area (Å²) in [6, 6.07) is 20.7. The molecule has 0 aliphatic rings. The summed E-state index contributed by atoms with van der Waals surface area (Å²) in [4.78, 5) is 42.5. The molecule has 3 aromatic carbocycles. The minimum Gasteiger partial charge on any atom is -0.347 e. The average Bonchev–Trinajstić information content (AvgIpc) is 2.79. The highest BCUT2D eigenvalue weighted by Gasteiger charge is 2.15. The van der Waals surface area contributed by atoms with Gasteiger partial charge in [-0.1, -0.05) is 12.1 Å². The van der Waals surface area contributed by atoms with E-state index in [1.807, 2.05) is 39.0 Å². The number of aryl methyl sites for hydroxylation is 1. The smallest absolute Gasteiger partial charge is 0.265 e. The number of hydrogen-bond donors (Lipinski definition) is 2. The van der Waals surface area contributed by atoms with E-state index < -0.39 is 0 Å². The minimum atomic E-state index is -0.331. The van der Waals surface area contributed by atoms with Crippen LogP contribution in [0.5, 0.6) is 0 Å². The van der Waals surface area contributed by atoms with Gasteiger partial charge in [0.15, 0.2) is 0 Å². The van der Waals surface area contributed by atoms with Crippen LogP contribution in [-0.4, -0.2) is 26.9 Å². The Morgan fingerprint density at radius 1 is 0.824 bits per heavy atom. The zero-order valence-electron chi connectivity index (χ0n) is 19.5. The number of anilines is 1. The van der Waals surface area contributed by atoms with E-state index >= 15 is 0 Å². The van der Waals surface area contributed by atoms with Crippen LogP contribution in [0.1, 0.15) is 47.3 Å². The first-order valence-electron chi connectivity index (χ1n) is 11.0. The van der Waals surface area contributed by atoms with Crippen molar-refractivity contribution < 1.29 is 9.59 Å². The van der Waals surface area contributed by atoms with Crippen molar-refractivity contribution in [3.63, 3.8) is 0 Å². The third-order valence-corrected chi connectivity index (χ3v) is 5.22. The second-order valence-corrected chi connectivity index (χ2v) is 9.10. The van der Waals surface area contributed by atoms with Crippen LogP contribution in [0.25, 0.3) is 16.6 Å². The average molecular weight is 455 g/mol. The number of carbonyl (C=O) groups is 2. The fourth-order valence-electron chi connectivity index (χ4n) is 3.63. The molecular weight excluding hydrogens is 428 g/mol. The summed E-state index contributed by atoms with van der Waals surface area (Å²) in [6.07, 6.45) is 0. The standard InChI is InChI=1S/C27H26N4O3/c1-17-28-23-8-6-5-7-22(23)26(34)31(17)21-15-11-18(12-16-21)24(32)29-20-13-9-19(10-14-20)25(33)30-27(2,3)4/h5-16H,1-4H3,(H,29,32)(H,30,33). The van der Waals surface area contributed by atoms with Gasteiger partial charge in [-0.25, -0.2) is 4.98 Å². The molecule has 4 rings (SSSR count). The van der Waals surface area contributed by atoms with Crippen molar-refractivity contribution in [2.75, 3.05) is 5.32 Å². The molecule has 1 heterocycles. The highest BCUT2D eigenvalue weighted by molar-refractivity contribution is 6.04. The molecule has 0 fully saturated rings. The molecule has 0 aliphatic heterocycles. The second kappa shape index (κ2) is 8.94. The Morgan fingerprint density at radius 2 is 1.41 bits per heavy atom. The van der Waals surface area contributed by atoms with Crippen molar-refractivity contribution >= 4 is 28.4 Å². The van der Waals surface area contributed by atoms with E-state index in [1.165, 1.54) is 4.57 Å². The van der Waals surface area contributed by atoms with E-state index in [4.69, 9.17) is 0 Å². The Morgan fingerprint density at radius 3 is 2.06 bits per heavy atom. The number of para-hydroxylation sites is 1. The van der Waals surface area contributed by atoms with Gasteiger partial charge in [-0.15, -0.1) is 0 Å². The molecule has 0 aliphatic carbocycles. The van der Waals surface area contributed by atoms with Crippen molar-refractivity contribution in [1.82, 2.24) is 14.9 Å². The van der Waals surface area contributed by atoms with Crippen LogP contribution in [0.3, 0.4) is 0 Å². The molecule has 172 valence electrons. The number of nitrogens with zero attached hydrogens (tertiary/aromatic N) is 2. The molecule has 4 aromatic rings. The van der Waals surface area contributed by atoms with E-state index in [0.29, 0.717) is 39.2 Å². The fourth-order valence-corrected chi connectivity index (χ4v) is 3.63. The van der Waals surface area contributed by atoms with Crippen LogP contribution >= 0.6 is 0 Å². The first-order chi connectivity index (χ1) is 16.1. The van der Waals surface area contributed by atoms with Crippen molar-refractivity contribution in [2.24, 2.45) is 0 Å². The fraction of sp³-hybridized carbons (Fsp3) is 0.185. The summed E-state index contributed by atoms with van der Waals surface area (Å²) >= 11 is 0. The van der Waals surface area contributed by atoms with Crippen molar-refractivity contribution in [2.45, 2.75) is 33.2 Å². The normalized spacial score (nSPS) is 11.3. The third-order valence-electron chi connectivity index (χ3n) is 5.22. The van der Waals surface area contributed by atoms with Gasteiger partial charge < -0.3 is 10.6 Å². The number of hydrogen-bond acceptors (Lipinski definition) is 4. The summed E-state index contributed by atoms with van der Waals surface area (Å²) in [6.45, 7) is 7.52. The van der Waals surface area contributed by atoms with Gasteiger partial charge in [0.2, 0.25) is 0 Å². The summed E-state index contributed by atoms with van der Waals surface area (Å²) in [5, 5.41) is 6.27. The third kappa shape index (κ3) is 4.88. The quantitative estimate of drug-likeness (QED) is 0.476. The second-order valence-electron chi connectivity index (χ2n) is 9.10. The van der Waals surface area contributed by atoms with Gasteiger partial charge >= 0.3 is 0 Å². The predicted molar refractivity (Wildman–Crippen MR) is 134 cm³/mol. The van der Waals surface area contributed by atoms with Gasteiger partial charge in [0.05, 0.1) is 16.6 Å². The zero-order chi connectivity index (χ0) is 24.5. The first-order valence-corrected chi connectivity index (χ1v) is 11.0. The van der Waals surface area contributed by atoms with Gasteiger partial charge in [-0.05, 0) is 88.4 Å². The van der Waals surface area contributed by atoms with Crippen molar-refractivity contribution in [3.05, 3.63) is 100 Å². The lowest BCUT2D eigenvalue weighted by atomic mass is 10.1. The summed E-state index contributed by atoms with van der Waals surface area (Å²) in [7, 11) is 0. The lowest BCUT2D eigenvalue weighted by molar-refractivity contribution is 0.0919. The molecule has 0 atom stereocenters. The van der Waals surface area contributed by atoms with Gasteiger partial charge in [0, 0.05) is 22.4 Å². The molecule has 34 heavy (non-hydrogen) atoms. The summed E-state index contributed by atoms with van der Waals surface area (Å²) < 4.78 is 1.53. The van der Waals surface area contributed by atoms with Crippen molar-refractivity contribution in [3.8, 4) is 5.69 Å². The van der Waals surface area contributed by atoms with Crippen LogP contribution in [0.15, 0.2) is 77.6 Å². The molecule has 0 saturated carbocycles. The molecule has 0 spiro atoms. The Labute approximate surface area is 197 Å². The molecular formula is C27H26N4O3. The number of carbonyl (C=O) groups excluding carboxylic acids is 2. The SMILES string of the molecule is Cc1nc2ccccc2c(=O)n1-c1ccc(C(=O)Nc2ccc(C(=O)NC(C)(C)C)cc2)cc1. The van der Waals surface area contributed by atoms with Crippen LogP contribution in [-0.2, 0) is 0 Å². The van der Waals surface area contributed by atoms with E-state index in [-0.39, 0.29) is 22.9 Å². The largest absolute Gasteiger partial charge is 0.347 e. The lowest BCUT2D eigenvalue weighted by Crippen LogP contribution is -2.40. The highest BCUT2D eigenvalue weighted by atomic mass is 16.2. The summed E-state index contributed by atoms with van der Waals surface area (Å²) in [5.74, 6) is 0.102. The maximum absolute atomic E-state index is 13.0. The number of rotatable bonds is 4. The van der Waals surface area contributed by atoms with Crippen LogP contribution in [0.4, 0.5) is 5.69 Å². The number of benzene rings is 3.